The molecule has 0 aromatic heterocycles. The molecule has 1 heterocycles. The van der Waals surface area contributed by atoms with Crippen molar-refractivity contribution in [3.8, 4) is 5.75 Å². The zero-order valence-corrected chi connectivity index (χ0v) is 14.7. The maximum atomic E-state index is 12.8. The summed E-state index contributed by atoms with van der Waals surface area (Å²) < 4.78 is 17.4. The van der Waals surface area contributed by atoms with Gasteiger partial charge in [0.1, 0.15) is 11.5 Å². The Morgan fingerprint density at radius 3 is 2.35 bits per heavy atom. The van der Waals surface area contributed by atoms with Gasteiger partial charge in [-0.3, -0.25) is 4.79 Å². The minimum Gasteiger partial charge on any atom is -0.497 e. The van der Waals surface area contributed by atoms with Gasteiger partial charge in [0.15, 0.2) is 0 Å². The number of hydrogen-bond acceptors (Lipinski definition) is 4. The molecule has 0 saturated carbocycles. The molecule has 1 saturated heterocycles. The summed E-state index contributed by atoms with van der Waals surface area (Å²) in [5, 5.41) is 0. The summed E-state index contributed by atoms with van der Waals surface area (Å²) in [5.41, 5.74) is 0.116. The van der Waals surface area contributed by atoms with Crippen LogP contribution in [0.3, 0.4) is 0 Å². The van der Waals surface area contributed by atoms with Crippen LogP contribution >= 0.6 is 0 Å². The van der Waals surface area contributed by atoms with Crippen LogP contribution in [0.2, 0.25) is 0 Å². The number of unbranched alkanes of at least 4 members (excludes halogenated alkanes) is 1. The molecule has 128 valence electrons. The van der Waals surface area contributed by atoms with E-state index < -0.39 is 11.2 Å². The second-order valence-electron chi connectivity index (χ2n) is 6.55. The Labute approximate surface area is 139 Å². The molecule has 1 fully saturated rings. The molecular formula is C19H28O4. The molecule has 1 aliphatic heterocycles. The average molecular weight is 320 g/mol. The Kier molecular flexibility index (Phi) is 5.82. The first-order valence-electron chi connectivity index (χ1n) is 8.43. The molecule has 1 aromatic rings. The minimum absolute atomic E-state index is 0.178. The summed E-state index contributed by atoms with van der Waals surface area (Å²) in [6.45, 7) is 7.14. The molecule has 4 heteroatoms. The predicted octanol–water partition coefficient (Wildman–Crippen LogP) is 4.07. The van der Waals surface area contributed by atoms with Crippen LogP contribution in [0.25, 0.3) is 0 Å². The molecular weight excluding hydrogens is 292 g/mol. The number of methoxy groups -OCH3 is 1. The fourth-order valence-electron chi connectivity index (χ4n) is 3.06. The molecule has 0 unspecified atom stereocenters. The van der Waals surface area contributed by atoms with E-state index in [2.05, 4.69) is 6.92 Å². The van der Waals surface area contributed by atoms with Crippen molar-refractivity contribution in [2.45, 2.75) is 52.2 Å². The summed E-state index contributed by atoms with van der Waals surface area (Å²) in [7, 11) is 1.64. The van der Waals surface area contributed by atoms with Crippen molar-refractivity contribution < 1.29 is 19.0 Å². The number of hydrogen-bond donors (Lipinski definition) is 0. The highest BCUT2D eigenvalue weighted by Crippen LogP contribution is 2.47. The molecule has 0 amide bonds. The van der Waals surface area contributed by atoms with Gasteiger partial charge in [-0.05, 0) is 51.0 Å². The van der Waals surface area contributed by atoms with Crippen LogP contribution in [0.5, 0.6) is 5.75 Å². The maximum absolute atomic E-state index is 12.8. The topological polar surface area (TPSA) is 44.8 Å². The second-order valence-corrected chi connectivity index (χ2v) is 6.55. The molecule has 2 rings (SSSR count). The minimum atomic E-state index is -1.03. The van der Waals surface area contributed by atoms with E-state index in [0.717, 1.165) is 30.6 Å². The lowest BCUT2D eigenvalue weighted by Gasteiger charge is -2.47. The fourth-order valence-corrected chi connectivity index (χ4v) is 3.06. The molecule has 0 atom stereocenters. The van der Waals surface area contributed by atoms with Crippen molar-refractivity contribution in [2.24, 2.45) is 5.41 Å². The first-order valence-corrected chi connectivity index (χ1v) is 8.43. The molecule has 0 N–H and O–H groups in total. The number of ether oxygens (including phenoxy) is 3. The van der Waals surface area contributed by atoms with Crippen molar-refractivity contribution in [1.82, 2.24) is 0 Å². The van der Waals surface area contributed by atoms with Crippen LogP contribution in [-0.4, -0.2) is 26.1 Å². The maximum Gasteiger partial charge on any atom is 0.207 e. The Morgan fingerprint density at radius 2 is 1.83 bits per heavy atom. The Bertz CT molecular complexity index is 513. The Hall–Kier alpha value is -1.39. The normalized spacial score (nSPS) is 17.7. The van der Waals surface area contributed by atoms with E-state index in [1.54, 1.807) is 7.11 Å². The van der Waals surface area contributed by atoms with Gasteiger partial charge in [-0.25, -0.2) is 0 Å². The third-order valence-corrected chi connectivity index (χ3v) is 4.65. The monoisotopic (exact) mass is 320 g/mol. The van der Waals surface area contributed by atoms with E-state index in [0.29, 0.717) is 19.6 Å². The van der Waals surface area contributed by atoms with Gasteiger partial charge in [0.25, 0.3) is 0 Å². The molecule has 0 spiro atoms. The van der Waals surface area contributed by atoms with Gasteiger partial charge < -0.3 is 14.2 Å². The first-order chi connectivity index (χ1) is 11.0. The number of rotatable bonds is 7. The van der Waals surface area contributed by atoms with E-state index >= 15 is 0 Å². The lowest BCUT2D eigenvalue weighted by Crippen LogP contribution is -2.53. The number of carbonyl (C=O) groups excluding carboxylic acids is 1. The van der Waals surface area contributed by atoms with Crippen LogP contribution in [-0.2, 0) is 20.1 Å². The largest absolute Gasteiger partial charge is 0.497 e. The number of Topliss-reactive ketones (excluding diaryl/α,β-unsaturated/α-hetero) is 1. The summed E-state index contributed by atoms with van der Waals surface area (Å²) in [4.78, 5) is 12.8. The molecule has 0 aliphatic carbocycles. The van der Waals surface area contributed by atoms with Gasteiger partial charge >= 0.3 is 0 Å². The Morgan fingerprint density at radius 1 is 1.22 bits per heavy atom. The van der Waals surface area contributed by atoms with Gasteiger partial charge in [-0.2, -0.15) is 0 Å². The molecule has 0 bridgehead atoms. The molecule has 4 nitrogen and oxygen atoms in total. The third-order valence-electron chi connectivity index (χ3n) is 4.65. The molecule has 1 aliphatic rings. The SMILES string of the molecule is CCCCC(=O)C(C)(C)C1(c2ccc(OC)cc2)OCCCO1. The number of carbonyl (C=O) groups is 1. The van der Waals surface area contributed by atoms with Crippen LogP contribution in [0.15, 0.2) is 24.3 Å². The highest BCUT2D eigenvalue weighted by atomic mass is 16.7. The van der Waals surface area contributed by atoms with Gasteiger partial charge in [0.2, 0.25) is 5.79 Å². The summed E-state index contributed by atoms with van der Waals surface area (Å²) >= 11 is 0. The summed E-state index contributed by atoms with van der Waals surface area (Å²) in [6, 6.07) is 7.62. The van der Waals surface area contributed by atoms with Crippen molar-refractivity contribution in [2.75, 3.05) is 20.3 Å². The molecule has 1 aromatic carbocycles. The Balaban J connectivity index is 2.39. The van der Waals surface area contributed by atoms with E-state index in [-0.39, 0.29) is 5.78 Å². The first kappa shape index (κ1) is 18.0. The predicted molar refractivity (Wildman–Crippen MR) is 89.5 cm³/mol. The molecule has 23 heavy (non-hydrogen) atoms. The van der Waals surface area contributed by atoms with Crippen LogP contribution in [0.4, 0.5) is 0 Å². The average Bonchev–Trinajstić information content (AvgIpc) is 2.60. The van der Waals surface area contributed by atoms with Gasteiger partial charge in [-0.15, -0.1) is 0 Å². The van der Waals surface area contributed by atoms with Crippen LogP contribution in [0.1, 0.15) is 52.0 Å². The van der Waals surface area contributed by atoms with Crippen molar-refractivity contribution >= 4 is 5.78 Å². The van der Waals surface area contributed by atoms with Gasteiger partial charge in [0, 0.05) is 12.0 Å². The lowest BCUT2D eigenvalue weighted by molar-refractivity contribution is -0.319. The second kappa shape index (κ2) is 7.45. The smallest absolute Gasteiger partial charge is 0.207 e. The highest BCUT2D eigenvalue weighted by Gasteiger charge is 2.54. The van der Waals surface area contributed by atoms with E-state index in [4.69, 9.17) is 14.2 Å². The summed E-state index contributed by atoms with van der Waals surface area (Å²) in [5.74, 6) is -0.0746. The van der Waals surface area contributed by atoms with Gasteiger partial charge in [0.05, 0.1) is 25.7 Å². The van der Waals surface area contributed by atoms with Crippen LogP contribution < -0.4 is 4.74 Å². The summed E-state index contributed by atoms with van der Waals surface area (Å²) in [6.07, 6.45) is 3.28. The lowest BCUT2D eigenvalue weighted by atomic mass is 9.73. The van der Waals surface area contributed by atoms with Gasteiger partial charge in [-0.1, -0.05) is 13.3 Å². The van der Waals surface area contributed by atoms with Crippen molar-refractivity contribution in [1.29, 1.82) is 0 Å². The highest BCUT2D eigenvalue weighted by molar-refractivity contribution is 5.85. The zero-order valence-electron chi connectivity index (χ0n) is 14.7. The number of benzene rings is 1. The van der Waals surface area contributed by atoms with Crippen molar-refractivity contribution in [3.63, 3.8) is 0 Å². The van der Waals surface area contributed by atoms with Crippen molar-refractivity contribution in [3.05, 3.63) is 29.8 Å². The van der Waals surface area contributed by atoms with Crippen LogP contribution in [0, 0.1) is 5.41 Å². The van der Waals surface area contributed by atoms with E-state index in [9.17, 15) is 4.79 Å². The standard InChI is InChI=1S/C19H28O4/c1-5-6-8-17(20)18(2,3)19(22-13-7-14-23-19)15-9-11-16(21-4)12-10-15/h9-12H,5-8,13-14H2,1-4H3. The molecule has 0 radical (unpaired) electrons. The zero-order chi connectivity index (χ0) is 16.9. The number of ketones is 1. The quantitative estimate of drug-likeness (QED) is 0.759. The third kappa shape index (κ3) is 3.43. The van der Waals surface area contributed by atoms with E-state index in [1.807, 2.05) is 38.1 Å². The van der Waals surface area contributed by atoms with E-state index in [1.165, 1.54) is 0 Å². The fraction of sp³-hybridized carbons (Fsp3) is 0.632.